The van der Waals surface area contributed by atoms with Gasteiger partial charge in [-0.15, -0.1) is 0 Å². The van der Waals surface area contributed by atoms with Crippen molar-refractivity contribution in [3.8, 4) is 0 Å². The van der Waals surface area contributed by atoms with Gasteiger partial charge in [-0.2, -0.15) is 0 Å². The van der Waals surface area contributed by atoms with Crippen molar-refractivity contribution in [3.05, 3.63) is 21.8 Å². The number of anilines is 2. The molecule has 0 aliphatic carbocycles. The third kappa shape index (κ3) is 2.60. The maximum Gasteiger partial charge on any atom is 0.0794 e. The van der Waals surface area contributed by atoms with E-state index in [1.54, 1.807) is 0 Å². The molecule has 1 aromatic rings. The van der Waals surface area contributed by atoms with Crippen molar-refractivity contribution in [3.63, 3.8) is 0 Å². The average Bonchev–Trinajstić information content (AvgIpc) is 2.15. The largest absolute Gasteiger partial charge is 0.397 e. The minimum Gasteiger partial charge on any atom is -0.397 e. The van der Waals surface area contributed by atoms with Crippen LogP contribution in [0.25, 0.3) is 0 Å². The van der Waals surface area contributed by atoms with E-state index in [-0.39, 0.29) is 0 Å². The number of hydrogen-bond donors (Lipinski definition) is 2. The number of rotatable bonds is 1. The van der Waals surface area contributed by atoms with E-state index in [9.17, 15) is 5.11 Å². The Kier molecular flexibility index (Phi) is 3.30. The maximum atomic E-state index is 10.1. The zero-order valence-corrected chi connectivity index (χ0v) is 11.6. The Morgan fingerprint density at radius 1 is 1.50 bits per heavy atom. The van der Waals surface area contributed by atoms with Crippen LogP contribution >= 0.6 is 22.6 Å². The molecule has 1 saturated heterocycles. The fourth-order valence-corrected chi connectivity index (χ4v) is 2.75. The first-order valence-corrected chi connectivity index (χ1v) is 6.58. The van der Waals surface area contributed by atoms with Crippen molar-refractivity contribution in [2.24, 2.45) is 0 Å². The van der Waals surface area contributed by atoms with Gasteiger partial charge in [0, 0.05) is 16.7 Å². The molecule has 1 aliphatic heterocycles. The van der Waals surface area contributed by atoms with Crippen LogP contribution in [0.3, 0.4) is 0 Å². The molecule has 1 aromatic carbocycles. The predicted molar refractivity (Wildman–Crippen MR) is 75.6 cm³/mol. The van der Waals surface area contributed by atoms with Crippen molar-refractivity contribution < 1.29 is 5.11 Å². The summed E-state index contributed by atoms with van der Waals surface area (Å²) < 4.78 is 1.14. The van der Waals surface area contributed by atoms with Crippen LogP contribution in [-0.4, -0.2) is 23.8 Å². The van der Waals surface area contributed by atoms with Gasteiger partial charge in [0.15, 0.2) is 0 Å². The van der Waals surface area contributed by atoms with Crippen LogP contribution in [0.1, 0.15) is 19.8 Å². The highest BCUT2D eigenvalue weighted by atomic mass is 127. The highest BCUT2D eigenvalue weighted by Crippen LogP contribution is 2.30. The molecule has 3 nitrogen and oxygen atoms in total. The number of halogens is 1. The van der Waals surface area contributed by atoms with E-state index in [1.165, 1.54) is 0 Å². The van der Waals surface area contributed by atoms with Gasteiger partial charge in [0.2, 0.25) is 0 Å². The Morgan fingerprint density at radius 3 is 2.88 bits per heavy atom. The molecule has 1 aliphatic rings. The molecule has 0 amide bonds. The summed E-state index contributed by atoms with van der Waals surface area (Å²) in [6.07, 6.45) is 1.88. The first-order chi connectivity index (χ1) is 7.48. The lowest BCUT2D eigenvalue weighted by Gasteiger charge is -2.38. The molecule has 0 bridgehead atoms. The molecular formula is C12H17IN2O. The highest BCUT2D eigenvalue weighted by Gasteiger charge is 2.29. The van der Waals surface area contributed by atoms with Gasteiger partial charge in [0.1, 0.15) is 0 Å². The number of β-amino-alcohol motifs (C(OH)–C–C–N with tert-alkyl or cyclic N) is 1. The van der Waals surface area contributed by atoms with Gasteiger partial charge >= 0.3 is 0 Å². The molecule has 0 aromatic heterocycles. The van der Waals surface area contributed by atoms with E-state index in [0.29, 0.717) is 6.54 Å². The average molecular weight is 332 g/mol. The fraction of sp³-hybridized carbons (Fsp3) is 0.500. The smallest absolute Gasteiger partial charge is 0.0794 e. The number of nitrogens with zero attached hydrogens (tertiary/aromatic N) is 1. The summed E-state index contributed by atoms with van der Waals surface area (Å²) in [5, 5.41) is 10.1. The molecule has 1 atom stereocenters. The van der Waals surface area contributed by atoms with Crippen LogP contribution in [0, 0.1) is 3.57 Å². The second-order valence-electron chi connectivity index (χ2n) is 4.73. The lowest BCUT2D eigenvalue weighted by atomic mass is 9.94. The summed E-state index contributed by atoms with van der Waals surface area (Å²) in [4.78, 5) is 2.18. The number of nitrogen functional groups attached to an aromatic ring is 1. The fourth-order valence-electron chi connectivity index (χ4n) is 2.24. The molecule has 1 unspecified atom stereocenters. The monoisotopic (exact) mass is 332 g/mol. The van der Waals surface area contributed by atoms with E-state index in [0.717, 1.165) is 34.3 Å². The van der Waals surface area contributed by atoms with Gasteiger partial charge in [-0.25, -0.2) is 0 Å². The van der Waals surface area contributed by atoms with Crippen molar-refractivity contribution in [1.29, 1.82) is 0 Å². The standard InChI is InChI=1S/C12H17IN2O/c1-12(16)5-2-6-15(8-12)11-4-3-9(13)7-10(11)14/h3-4,7,16H,2,5-6,8,14H2,1H3. The molecule has 3 N–H and O–H groups in total. The quantitative estimate of drug-likeness (QED) is 0.612. The van der Waals surface area contributed by atoms with Gasteiger partial charge in [-0.1, -0.05) is 0 Å². The van der Waals surface area contributed by atoms with Crippen molar-refractivity contribution in [2.75, 3.05) is 23.7 Å². The zero-order valence-electron chi connectivity index (χ0n) is 9.41. The molecule has 0 spiro atoms. The SMILES string of the molecule is CC1(O)CCCN(c2ccc(I)cc2N)C1. The zero-order chi connectivity index (χ0) is 11.8. The second-order valence-corrected chi connectivity index (χ2v) is 5.97. The summed E-state index contributed by atoms with van der Waals surface area (Å²) >= 11 is 2.25. The molecule has 1 heterocycles. The van der Waals surface area contributed by atoms with Crippen molar-refractivity contribution in [2.45, 2.75) is 25.4 Å². The number of piperidine rings is 1. The number of aliphatic hydroxyl groups is 1. The molecule has 2 rings (SSSR count). The van der Waals surface area contributed by atoms with Crippen LogP contribution in [0.15, 0.2) is 18.2 Å². The van der Waals surface area contributed by atoms with Crippen LogP contribution in [0.5, 0.6) is 0 Å². The Hall–Kier alpha value is -0.490. The molecule has 88 valence electrons. The van der Waals surface area contributed by atoms with Gasteiger partial charge in [0.25, 0.3) is 0 Å². The van der Waals surface area contributed by atoms with Gasteiger partial charge in [0.05, 0.1) is 17.0 Å². The van der Waals surface area contributed by atoms with E-state index in [1.807, 2.05) is 19.1 Å². The number of hydrogen-bond acceptors (Lipinski definition) is 3. The molecule has 0 radical (unpaired) electrons. The summed E-state index contributed by atoms with van der Waals surface area (Å²) in [5.74, 6) is 0. The van der Waals surface area contributed by atoms with E-state index in [4.69, 9.17) is 5.73 Å². The van der Waals surface area contributed by atoms with E-state index >= 15 is 0 Å². The maximum absolute atomic E-state index is 10.1. The molecule has 1 fully saturated rings. The number of benzene rings is 1. The second kappa shape index (κ2) is 4.41. The molecular weight excluding hydrogens is 315 g/mol. The summed E-state index contributed by atoms with van der Waals surface area (Å²) in [6, 6.07) is 6.06. The topological polar surface area (TPSA) is 49.5 Å². The molecule has 0 saturated carbocycles. The Balaban J connectivity index is 2.23. The first kappa shape index (κ1) is 12.0. The van der Waals surface area contributed by atoms with Gasteiger partial charge in [-0.05, 0) is 60.6 Å². The van der Waals surface area contributed by atoms with Gasteiger partial charge < -0.3 is 15.7 Å². The Morgan fingerprint density at radius 2 is 2.25 bits per heavy atom. The van der Waals surface area contributed by atoms with Crippen LogP contribution in [0.4, 0.5) is 11.4 Å². The summed E-state index contributed by atoms with van der Waals surface area (Å²) in [6.45, 7) is 3.53. The summed E-state index contributed by atoms with van der Waals surface area (Å²) in [5.41, 5.74) is 7.26. The summed E-state index contributed by atoms with van der Waals surface area (Å²) in [7, 11) is 0. The van der Waals surface area contributed by atoms with E-state index < -0.39 is 5.60 Å². The minimum absolute atomic E-state index is 0.590. The lowest BCUT2D eigenvalue weighted by Crippen LogP contribution is -2.46. The van der Waals surface area contributed by atoms with E-state index in [2.05, 4.69) is 33.6 Å². The predicted octanol–water partition coefficient (Wildman–Crippen LogP) is 2.22. The Labute approximate surface area is 110 Å². The van der Waals surface area contributed by atoms with Crippen molar-refractivity contribution >= 4 is 34.0 Å². The van der Waals surface area contributed by atoms with Crippen LogP contribution < -0.4 is 10.6 Å². The normalized spacial score (nSPS) is 25.8. The number of nitrogens with two attached hydrogens (primary N) is 1. The highest BCUT2D eigenvalue weighted by molar-refractivity contribution is 14.1. The molecule has 16 heavy (non-hydrogen) atoms. The first-order valence-electron chi connectivity index (χ1n) is 5.50. The van der Waals surface area contributed by atoms with Gasteiger partial charge in [-0.3, -0.25) is 0 Å². The third-order valence-electron chi connectivity index (χ3n) is 3.01. The third-order valence-corrected chi connectivity index (χ3v) is 3.68. The van der Waals surface area contributed by atoms with Crippen molar-refractivity contribution in [1.82, 2.24) is 0 Å². The minimum atomic E-state index is -0.590. The Bertz CT molecular complexity index is 393. The van der Waals surface area contributed by atoms with Crippen LogP contribution in [-0.2, 0) is 0 Å². The molecule has 4 heteroatoms. The van der Waals surface area contributed by atoms with Crippen LogP contribution in [0.2, 0.25) is 0 Å². The lowest BCUT2D eigenvalue weighted by molar-refractivity contribution is 0.0450.